The summed E-state index contributed by atoms with van der Waals surface area (Å²) in [4.78, 5) is 0.186. The lowest BCUT2D eigenvalue weighted by molar-refractivity contribution is 0.397. The van der Waals surface area contributed by atoms with Gasteiger partial charge in [0.1, 0.15) is 0 Å². The summed E-state index contributed by atoms with van der Waals surface area (Å²) in [5.74, 6) is 0.327. The molecule has 0 saturated heterocycles. The van der Waals surface area contributed by atoms with Crippen LogP contribution in [0.3, 0.4) is 0 Å². The number of hydrogen-bond acceptors (Lipinski definition) is 3. The summed E-state index contributed by atoms with van der Waals surface area (Å²) in [6, 6.07) is 4.59. The van der Waals surface area contributed by atoms with Gasteiger partial charge in [-0.25, -0.2) is 12.7 Å². The zero-order chi connectivity index (χ0) is 15.5. The van der Waals surface area contributed by atoms with Crippen LogP contribution in [0.5, 0.6) is 0 Å². The second kappa shape index (κ2) is 7.22. The van der Waals surface area contributed by atoms with Crippen molar-refractivity contribution in [2.75, 3.05) is 13.6 Å². The van der Waals surface area contributed by atoms with Crippen molar-refractivity contribution in [2.45, 2.75) is 31.2 Å². The standard InChI is InChI=1S/C13H20BrClN2O2S/c1-9(2)13(16)6-7-17(3)20(18,19)10-4-5-11(14)12(15)8-10/h4-5,8-9,13H,6-7,16H2,1-3H3. The lowest BCUT2D eigenvalue weighted by Crippen LogP contribution is -2.34. The minimum absolute atomic E-state index is 0.0128. The first-order valence-electron chi connectivity index (χ1n) is 6.33. The average Bonchev–Trinajstić information content (AvgIpc) is 2.38. The van der Waals surface area contributed by atoms with E-state index in [1.54, 1.807) is 13.1 Å². The number of benzene rings is 1. The molecule has 1 aromatic carbocycles. The summed E-state index contributed by atoms with van der Waals surface area (Å²) in [5, 5.41) is 0.373. The Labute approximate surface area is 134 Å². The molecule has 0 aliphatic heterocycles. The second-order valence-corrected chi connectivity index (χ2v) is 8.41. The molecule has 114 valence electrons. The van der Waals surface area contributed by atoms with E-state index < -0.39 is 10.0 Å². The highest BCUT2D eigenvalue weighted by molar-refractivity contribution is 9.10. The van der Waals surface area contributed by atoms with Crippen LogP contribution in [-0.2, 0) is 10.0 Å². The Kier molecular flexibility index (Phi) is 6.47. The molecule has 0 aliphatic carbocycles. The van der Waals surface area contributed by atoms with Gasteiger partial charge in [0.2, 0.25) is 10.0 Å². The second-order valence-electron chi connectivity index (χ2n) is 5.10. The van der Waals surface area contributed by atoms with Crippen LogP contribution in [0.1, 0.15) is 20.3 Å². The maximum absolute atomic E-state index is 12.4. The van der Waals surface area contributed by atoms with E-state index in [2.05, 4.69) is 15.9 Å². The molecule has 0 aromatic heterocycles. The highest BCUT2D eigenvalue weighted by atomic mass is 79.9. The first-order chi connectivity index (χ1) is 9.16. The third kappa shape index (κ3) is 4.43. The molecule has 0 amide bonds. The number of nitrogens with two attached hydrogens (primary N) is 1. The molecule has 0 spiro atoms. The van der Waals surface area contributed by atoms with E-state index in [4.69, 9.17) is 17.3 Å². The smallest absolute Gasteiger partial charge is 0.242 e. The van der Waals surface area contributed by atoms with Gasteiger partial charge >= 0.3 is 0 Å². The van der Waals surface area contributed by atoms with Gasteiger partial charge in [0.15, 0.2) is 0 Å². The lowest BCUT2D eigenvalue weighted by Gasteiger charge is -2.21. The minimum Gasteiger partial charge on any atom is -0.327 e. The largest absolute Gasteiger partial charge is 0.327 e. The summed E-state index contributed by atoms with van der Waals surface area (Å²) in [7, 11) is -1.97. The maximum Gasteiger partial charge on any atom is 0.242 e. The van der Waals surface area contributed by atoms with Crippen molar-refractivity contribution in [2.24, 2.45) is 11.7 Å². The highest BCUT2D eigenvalue weighted by Gasteiger charge is 2.22. The molecule has 0 bridgehead atoms. The van der Waals surface area contributed by atoms with Gasteiger partial charge in [0.25, 0.3) is 0 Å². The third-order valence-electron chi connectivity index (χ3n) is 3.23. The minimum atomic E-state index is -3.53. The topological polar surface area (TPSA) is 63.4 Å². The van der Waals surface area contributed by atoms with E-state index in [0.29, 0.717) is 28.4 Å². The number of sulfonamides is 1. The third-order valence-corrected chi connectivity index (χ3v) is 6.32. The van der Waals surface area contributed by atoms with Gasteiger partial charge in [0, 0.05) is 24.1 Å². The number of halogens is 2. The summed E-state index contributed by atoms with van der Waals surface area (Å²) >= 11 is 9.19. The van der Waals surface area contributed by atoms with Crippen LogP contribution in [0.25, 0.3) is 0 Å². The fraction of sp³-hybridized carbons (Fsp3) is 0.538. The van der Waals surface area contributed by atoms with Crippen molar-refractivity contribution in [3.05, 3.63) is 27.7 Å². The van der Waals surface area contributed by atoms with Gasteiger partial charge in [0.05, 0.1) is 9.92 Å². The van der Waals surface area contributed by atoms with Gasteiger partial charge in [-0.05, 0) is 46.5 Å². The average molecular weight is 384 g/mol. The molecule has 4 nitrogen and oxygen atoms in total. The molecule has 7 heteroatoms. The zero-order valence-electron chi connectivity index (χ0n) is 11.8. The molecule has 0 saturated carbocycles. The van der Waals surface area contributed by atoms with Crippen LogP contribution in [0.15, 0.2) is 27.6 Å². The molecule has 1 atom stereocenters. The van der Waals surface area contributed by atoms with Crippen LogP contribution in [0, 0.1) is 5.92 Å². The Balaban J connectivity index is 2.84. The molecule has 2 N–H and O–H groups in total. The molecule has 1 rings (SSSR count). The molecular formula is C13H20BrClN2O2S. The first kappa shape index (κ1) is 17.9. The maximum atomic E-state index is 12.4. The van der Waals surface area contributed by atoms with Crippen LogP contribution in [0.2, 0.25) is 5.02 Å². The van der Waals surface area contributed by atoms with Crippen molar-refractivity contribution in [1.29, 1.82) is 0 Å². The molecule has 0 fully saturated rings. The predicted octanol–water partition coefficient (Wildman–Crippen LogP) is 3.10. The summed E-state index contributed by atoms with van der Waals surface area (Å²) in [6.45, 7) is 4.43. The molecule has 0 heterocycles. The van der Waals surface area contributed by atoms with E-state index >= 15 is 0 Å². The van der Waals surface area contributed by atoms with Crippen molar-refractivity contribution in [3.8, 4) is 0 Å². The van der Waals surface area contributed by atoms with Gasteiger partial charge < -0.3 is 5.73 Å². The molecule has 0 aliphatic rings. The number of rotatable bonds is 6. The zero-order valence-corrected chi connectivity index (χ0v) is 15.0. The molecule has 20 heavy (non-hydrogen) atoms. The van der Waals surface area contributed by atoms with Crippen molar-refractivity contribution in [1.82, 2.24) is 4.31 Å². The van der Waals surface area contributed by atoms with Crippen molar-refractivity contribution < 1.29 is 8.42 Å². The van der Waals surface area contributed by atoms with Gasteiger partial charge in [-0.15, -0.1) is 0 Å². The lowest BCUT2D eigenvalue weighted by atomic mass is 10.0. The molecule has 1 aromatic rings. The SMILES string of the molecule is CC(C)C(N)CCN(C)S(=O)(=O)c1ccc(Br)c(Cl)c1. The van der Waals surface area contributed by atoms with Gasteiger partial charge in [-0.2, -0.15) is 0 Å². The van der Waals surface area contributed by atoms with E-state index in [1.807, 2.05) is 13.8 Å². The van der Waals surface area contributed by atoms with E-state index in [-0.39, 0.29) is 10.9 Å². The van der Waals surface area contributed by atoms with Crippen LogP contribution >= 0.6 is 27.5 Å². The normalized spacial score (nSPS) is 14.0. The Bertz CT molecular complexity index is 563. The fourth-order valence-electron chi connectivity index (χ4n) is 1.60. The Morgan fingerprint density at radius 2 is 2.00 bits per heavy atom. The monoisotopic (exact) mass is 382 g/mol. The highest BCUT2D eigenvalue weighted by Crippen LogP contribution is 2.26. The quantitative estimate of drug-likeness (QED) is 0.821. The molecule has 0 radical (unpaired) electrons. The summed E-state index contributed by atoms with van der Waals surface area (Å²) in [6.07, 6.45) is 0.623. The Hall–Kier alpha value is -0.140. The summed E-state index contributed by atoms with van der Waals surface area (Å²) in [5.41, 5.74) is 5.94. The van der Waals surface area contributed by atoms with E-state index in [1.165, 1.54) is 16.4 Å². The van der Waals surface area contributed by atoms with Gasteiger partial charge in [-0.1, -0.05) is 25.4 Å². The van der Waals surface area contributed by atoms with Crippen molar-refractivity contribution >= 4 is 37.6 Å². The Morgan fingerprint density at radius 1 is 1.40 bits per heavy atom. The number of hydrogen-bond donors (Lipinski definition) is 1. The van der Waals surface area contributed by atoms with Crippen LogP contribution in [0.4, 0.5) is 0 Å². The van der Waals surface area contributed by atoms with Crippen LogP contribution in [-0.4, -0.2) is 32.4 Å². The summed E-state index contributed by atoms with van der Waals surface area (Å²) < 4.78 is 26.8. The number of nitrogens with zero attached hydrogens (tertiary/aromatic N) is 1. The van der Waals surface area contributed by atoms with Gasteiger partial charge in [-0.3, -0.25) is 0 Å². The molecular weight excluding hydrogens is 364 g/mol. The van der Waals surface area contributed by atoms with Crippen LogP contribution < -0.4 is 5.73 Å². The van der Waals surface area contributed by atoms with E-state index in [9.17, 15) is 8.42 Å². The molecule has 1 unspecified atom stereocenters. The Morgan fingerprint density at radius 3 is 2.50 bits per heavy atom. The predicted molar refractivity (Wildman–Crippen MR) is 86.4 cm³/mol. The van der Waals surface area contributed by atoms with E-state index in [0.717, 1.165) is 0 Å². The first-order valence-corrected chi connectivity index (χ1v) is 8.94. The fourth-order valence-corrected chi connectivity index (χ4v) is 3.31. The van der Waals surface area contributed by atoms with Crippen molar-refractivity contribution in [3.63, 3.8) is 0 Å².